The van der Waals surface area contributed by atoms with Gasteiger partial charge in [-0.15, -0.1) is 11.8 Å². The van der Waals surface area contributed by atoms with E-state index >= 15 is 0 Å². The fraction of sp³-hybridized carbons (Fsp3) is 0.250. The number of rotatable bonds is 5. The number of carbonyl (C=O) groups excluding carboxylic acids is 1. The Morgan fingerprint density at radius 1 is 1.18 bits per heavy atom. The summed E-state index contributed by atoms with van der Waals surface area (Å²) in [7, 11) is 0. The fourth-order valence-electron chi connectivity index (χ4n) is 2.86. The number of aromatic nitrogens is 2. The highest BCUT2D eigenvalue weighted by atomic mass is 32.2. The Morgan fingerprint density at radius 2 is 1.89 bits per heavy atom. The van der Waals surface area contributed by atoms with E-state index in [1.807, 2.05) is 6.92 Å². The number of hydrogen-bond acceptors (Lipinski definition) is 4. The Kier molecular flexibility index (Phi) is 5.88. The van der Waals surface area contributed by atoms with Gasteiger partial charge in [0.05, 0.1) is 16.6 Å². The average molecular weight is 405 g/mol. The molecule has 3 rings (SSSR count). The van der Waals surface area contributed by atoms with Crippen LogP contribution in [0.4, 0.5) is 13.2 Å². The minimum Gasteiger partial charge on any atom is -0.348 e. The van der Waals surface area contributed by atoms with Crippen molar-refractivity contribution >= 4 is 28.6 Å². The van der Waals surface area contributed by atoms with Gasteiger partial charge in [0, 0.05) is 24.3 Å². The van der Waals surface area contributed by atoms with Gasteiger partial charge in [-0.3, -0.25) is 9.78 Å². The molecule has 28 heavy (non-hydrogen) atoms. The van der Waals surface area contributed by atoms with Crippen LogP contribution in [0.15, 0.2) is 47.8 Å². The van der Waals surface area contributed by atoms with Crippen molar-refractivity contribution < 1.29 is 18.0 Å². The van der Waals surface area contributed by atoms with Crippen LogP contribution < -0.4 is 5.32 Å². The minimum atomic E-state index is -4.44. The van der Waals surface area contributed by atoms with E-state index in [9.17, 15) is 18.0 Å². The molecule has 3 aromatic rings. The number of nitrogens with one attached hydrogen (secondary N) is 1. The maximum atomic E-state index is 13.0. The van der Waals surface area contributed by atoms with Crippen molar-refractivity contribution in [2.75, 3.05) is 5.75 Å². The first-order valence-electron chi connectivity index (χ1n) is 8.62. The zero-order valence-electron chi connectivity index (χ0n) is 15.3. The number of benzene rings is 1. The molecule has 0 aliphatic carbocycles. The third-order valence-corrected chi connectivity index (χ3v) is 5.11. The summed E-state index contributed by atoms with van der Waals surface area (Å²) in [6.45, 7) is 3.96. The third kappa shape index (κ3) is 4.27. The van der Waals surface area contributed by atoms with E-state index in [1.165, 1.54) is 17.8 Å². The standard InChI is InChI=1S/C20H18F3N3OS/c1-3-28-19-17(18(27)25-11-13-6-8-24-9-7-13)12(2)15-5-4-14(20(21,22)23)10-16(15)26-19/h4-10H,3,11H2,1-2H3,(H,25,27). The predicted molar refractivity (Wildman–Crippen MR) is 103 cm³/mol. The summed E-state index contributed by atoms with van der Waals surface area (Å²) >= 11 is 1.33. The number of carbonyl (C=O) groups is 1. The van der Waals surface area contributed by atoms with Crippen molar-refractivity contribution in [3.63, 3.8) is 0 Å². The highest BCUT2D eigenvalue weighted by Gasteiger charge is 2.31. The number of pyridine rings is 2. The van der Waals surface area contributed by atoms with Crippen LogP contribution in [-0.4, -0.2) is 21.6 Å². The van der Waals surface area contributed by atoms with Crippen molar-refractivity contribution in [2.24, 2.45) is 0 Å². The van der Waals surface area contributed by atoms with Crippen LogP contribution in [0.5, 0.6) is 0 Å². The molecule has 0 bridgehead atoms. The topological polar surface area (TPSA) is 54.9 Å². The summed E-state index contributed by atoms with van der Waals surface area (Å²) < 4.78 is 39.1. The van der Waals surface area contributed by atoms with Gasteiger partial charge in [0.25, 0.3) is 5.91 Å². The first-order valence-corrected chi connectivity index (χ1v) is 9.61. The highest BCUT2D eigenvalue weighted by Crippen LogP contribution is 2.34. The Balaban J connectivity index is 2.01. The Hall–Kier alpha value is -2.61. The number of aryl methyl sites for hydroxylation is 1. The molecule has 0 radical (unpaired) electrons. The summed E-state index contributed by atoms with van der Waals surface area (Å²) in [5.41, 5.74) is 1.38. The molecule has 0 aliphatic rings. The van der Waals surface area contributed by atoms with E-state index < -0.39 is 11.7 Å². The van der Waals surface area contributed by atoms with Crippen molar-refractivity contribution in [3.05, 3.63) is 65.0 Å². The first-order chi connectivity index (χ1) is 13.3. The zero-order chi connectivity index (χ0) is 20.3. The molecule has 146 valence electrons. The van der Waals surface area contributed by atoms with E-state index in [1.54, 1.807) is 31.5 Å². The fourth-order valence-corrected chi connectivity index (χ4v) is 3.68. The molecule has 1 amide bonds. The molecule has 0 atom stereocenters. The number of thioether (sulfide) groups is 1. The Morgan fingerprint density at radius 3 is 2.54 bits per heavy atom. The van der Waals surface area contributed by atoms with Gasteiger partial charge in [0.1, 0.15) is 5.03 Å². The van der Waals surface area contributed by atoms with Gasteiger partial charge in [-0.05, 0) is 48.1 Å². The van der Waals surface area contributed by atoms with Crippen molar-refractivity contribution in [1.29, 1.82) is 0 Å². The predicted octanol–water partition coefficient (Wildman–Crippen LogP) is 5.00. The lowest BCUT2D eigenvalue weighted by Crippen LogP contribution is -2.25. The van der Waals surface area contributed by atoms with E-state index in [2.05, 4.69) is 15.3 Å². The van der Waals surface area contributed by atoms with E-state index in [-0.39, 0.29) is 11.4 Å². The largest absolute Gasteiger partial charge is 0.416 e. The number of fused-ring (bicyclic) bond motifs is 1. The molecule has 1 N–H and O–H groups in total. The molecule has 8 heteroatoms. The summed E-state index contributed by atoms with van der Waals surface area (Å²) in [4.78, 5) is 21.1. The zero-order valence-corrected chi connectivity index (χ0v) is 16.1. The quantitative estimate of drug-likeness (QED) is 0.607. The van der Waals surface area contributed by atoms with Crippen molar-refractivity contribution in [2.45, 2.75) is 31.6 Å². The molecule has 0 saturated heterocycles. The second-order valence-corrected chi connectivity index (χ2v) is 7.37. The maximum absolute atomic E-state index is 13.0. The molecule has 0 spiro atoms. The highest BCUT2D eigenvalue weighted by molar-refractivity contribution is 7.99. The summed E-state index contributed by atoms with van der Waals surface area (Å²) in [5, 5.41) is 3.81. The molecule has 4 nitrogen and oxygen atoms in total. The van der Waals surface area contributed by atoms with Crippen LogP contribution in [0.25, 0.3) is 10.9 Å². The average Bonchev–Trinajstić information content (AvgIpc) is 2.66. The molecule has 0 fully saturated rings. The molecular formula is C20H18F3N3OS. The van der Waals surface area contributed by atoms with E-state index in [0.29, 0.717) is 33.8 Å². The maximum Gasteiger partial charge on any atom is 0.416 e. The van der Waals surface area contributed by atoms with E-state index in [0.717, 1.165) is 17.7 Å². The lowest BCUT2D eigenvalue weighted by Gasteiger charge is -2.15. The monoisotopic (exact) mass is 405 g/mol. The van der Waals surface area contributed by atoms with Crippen LogP contribution in [0, 0.1) is 6.92 Å². The van der Waals surface area contributed by atoms with Crippen LogP contribution in [0.3, 0.4) is 0 Å². The van der Waals surface area contributed by atoms with Crippen LogP contribution >= 0.6 is 11.8 Å². The first kappa shape index (κ1) is 20.1. The van der Waals surface area contributed by atoms with Crippen LogP contribution in [-0.2, 0) is 12.7 Å². The van der Waals surface area contributed by atoms with Crippen molar-refractivity contribution in [1.82, 2.24) is 15.3 Å². The Labute approximate surface area is 164 Å². The van der Waals surface area contributed by atoms with Crippen LogP contribution in [0.2, 0.25) is 0 Å². The molecule has 0 saturated carbocycles. The van der Waals surface area contributed by atoms with Crippen molar-refractivity contribution in [3.8, 4) is 0 Å². The molecule has 2 aromatic heterocycles. The van der Waals surface area contributed by atoms with Gasteiger partial charge in [0.2, 0.25) is 0 Å². The van der Waals surface area contributed by atoms with Gasteiger partial charge < -0.3 is 5.32 Å². The molecular weight excluding hydrogens is 387 g/mol. The van der Waals surface area contributed by atoms with Gasteiger partial charge in [0.15, 0.2) is 0 Å². The lowest BCUT2D eigenvalue weighted by molar-refractivity contribution is -0.137. The smallest absolute Gasteiger partial charge is 0.348 e. The molecule has 1 aromatic carbocycles. The normalized spacial score (nSPS) is 11.6. The van der Waals surface area contributed by atoms with E-state index in [4.69, 9.17) is 0 Å². The summed E-state index contributed by atoms with van der Waals surface area (Å²) in [6.07, 6.45) is -1.16. The minimum absolute atomic E-state index is 0.231. The Bertz CT molecular complexity index is 1010. The molecule has 0 aliphatic heterocycles. The van der Waals surface area contributed by atoms with Gasteiger partial charge in [-0.1, -0.05) is 13.0 Å². The molecule has 2 heterocycles. The molecule has 0 unspecified atom stereocenters. The second kappa shape index (κ2) is 8.18. The number of amides is 1. The number of nitrogens with zero attached hydrogens (tertiary/aromatic N) is 2. The summed E-state index contributed by atoms with van der Waals surface area (Å²) in [5.74, 6) is 0.334. The summed E-state index contributed by atoms with van der Waals surface area (Å²) in [6, 6.07) is 7.02. The third-order valence-electron chi connectivity index (χ3n) is 4.25. The van der Waals surface area contributed by atoms with Gasteiger partial charge in [-0.25, -0.2) is 4.98 Å². The number of alkyl halides is 3. The van der Waals surface area contributed by atoms with Gasteiger partial charge in [-0.2, -0.15) is 13.2 Å². The number of halogens is 3. The van der Waals surface area contributed by atoms with Gasteiger partial charge >= 0.3 is 6.18 Å². The second-order valence-electron chi connectivity index (χ2n) is 6.12. The van der Waals surface area contributed by atoms with Crippen LogP contribution in [0.1, 0.15) is 34.0 Å². The SMILES string of the molecule is CCSc1nc2cc(C(F)(F)F)ccc2c(C)c1C(=O)NCc1ccncc1. The number of hydrogen-bond donors (Lipinski definition) is 1. The lowest BCUT2D eigenvalue weighted by atomic mass is 10.0.